The summed E-state index contributed by atoms with van der Waals surface area (Å²) < 4.78 is 38.7. The van der Waals surface area contributed by atoms with Gasteiger partial charge >= 0.3 is 6.18 Å². The predicted molar refractivity (Wildman–Crippen MR) is 140 cm³/mol. The largest absolute Gasteiger partial charge is 0.416 e. The van der Waals surface area contributed by atoms with Crippen LogP contribution in [0.15, 0.2) is 88.7 Å². The maximum atomic E-state index is 13.3. The van der Waals surface area contributed by atoms with Gasteiger partial charge in [0.2, 0.25) is 5.91 Å². The molecule has 0 saturated heterocycles. The molecule has 192 valence electrons. The second-order valence-corrected chi connectivity index (χ2v) is 9.75. The SMILES string of the molecule is CN(CCNC(=O)CN1C(=O)/C(=C/c2ccc(C(F)(F)F)cc2)Sc2ccccc21)Cc1ccccc1. The highest BCUT2D eigenvalue weighted by Crippen LogP contribution is 2.42. The number of anilines is 1. The number of likely N-dealkylation sites (N-methyl/N-ethyl adjacent to an activating group) is 1. The fourth-order valence-electron chi connectivity index (χ4n) is 3.90. The Kier molecular flexibility index (Phi) is 8.35. The number of amides is 2. The molecule has 0 fully saturated rings. The van der Waals surface area contributed by atoms with Gasteiger partial charge < -0.3 is 10.2 Å². The van der Waals surface area contributed by atoms with Crippen molar-refractivity contribution in [2.45, 2.75) is 17.6 Å². The van der Waals surface area contributed by atoms with Gasteiger partial charge in [0.05, 0.1) is 16.2 Å². The lowest BCUT2D eigenvalue weighted by Crippen LogP contribution is -2.44. The number of para-hydroxylation sites is 1. The topological polar surface area (TPSA) is 52.7 Å². The van der Waals surface area contributed by atoms with Crippen LogP contribution in [0.1, 0.15) is 16.7 Å². The molecule has 0 atom stereocenters. The molecule has 1 aliphatic heterocycles. The zero-order valence-electron chi connectivity index (χ0n) is 20.2. The summed E-state index contributed by atoms with van der Waals surface area (Å²) in [5.41, 5.74) is 1.51. The number of nitrogens with zero attached hydrogens (tertiary/aromatic N) is 2. The van der Waals surface area contributed by atoms with Gasteiger partial charge in [0.15, 0.2) is 0 Å². The van der Waals surface area contributed by atoms with Crippen LogP contribution in [-0.4, -0.2) is 43.4 Å². The number of rotatable bonds is 8. The Morgan fingerprint density at radius 1 is 1.00 bits per heavy atom. The van der Waals surface area contributed by atoms with Crippen LogP contribution in [0.2, 0.25) is 0 Å². The lowest BCUT2D eigenvalue weighted by molar-refractivity contribution is -0.137. The first-order valence-electron chi connectivity index (χ1n) is 11.7. The molecule has 9 heteroatoms. The lowest BCUT2D eigenvalue weighted by Gasteiger charge is -2.30. The van der Waals surface area contributed by atoms with Crippen LogP contribution in [0.3, 0.4) is 0 Å². The zero-order chi connectivity index (χ0) is 26.4. The Hall–Kier alpha value is -3.56. The molecule has 0 aliphatic carbocycles. The molecule has 1 heterocycles. The molecular weight excluding hydrogens is 499 g/mol. The highest BCUT2D eigenvalue weighted by Gasteiger charge is 2.31. The van der Waals surface area contributed by atoms with Gasteiger partial charge in [-0.2, -0.15) is 13.2 Å². The van der Waals surface area contributed by atoms with Gasteiger partial charge in [-0.25, -0.2) is 0 Å². The molecular formula is C28H26F3N3O2S. The predicted octanol–water partition coefficient (Wildman–Crippen LogP) is 5.43. The van der Waals surface area contributed by atoms with Crippen LogP contribution < -0.4 is 10.2 Å². The van der Waals surface area contributed by atoms with E-state index < -0.39 is 11.7 Å². The molecule has 0 spiro atoms. The Morgan fingerprint density at radius 3 is 2.38 bits per heavy atom. The number of fused-ring (bicyclic) bond motifs is 1. The summed E-state index contributed by atoms with van der Waals surface area (Å²) in [7, 11) is 1.97. The Labute approximate surface area is 218 Å². The Morgan fingerprint density at radius 2 is 1.68 bits per heavy atom. The number of carbonyl (C=O) groups is 2. The van der Waals surface area contributed by atoms with Gasteiger partial charge in [0, 0.05) is 24.5 Å². The van der Waals surface area contributed by atoms with Crippen molar-refractivity contribution in [1.82, 2.24) is 10.2 Å². The summed E-state index contributed by atoms with van der Waals surface area (Å²) in [6.07, 6.45) is -2.88. The number of halogens is 3. The summed E-state index contributed by atoms with van der Waals surface area (Å²) in [5, 5.41) is 2.88. The molecule has 0 saturated carbocycles. The number of alkyl halides is 3. The van der Waals surface area contributed by atoms with Crippen molar-refractivity contribution in [2.24, 2.45) is 0 Å². The van der Waals surface area contributed by atoms with E-state index in [1.165, 1.54) is 34.4 Å². The summed E-state index contributed by atoms with van der Waals surface area (Å²) >= 11 is 1.23. The van der Waals surface area contributed by atoms with E-state index in [0.717, 1.165) is 23.6 Å². The van der Waals surface area contributed by atoms with Gasteiger partial charge in [-0.15, -0.1) is 0 Å². The van der Waals surface area contributed by atoms with Crippen LogP contribution in [0.5, 0.6) is 0 Å². The maximum absolute atomic E-state index is 13.3. The van der Waals surface area contributed by atoms with Gasteiger partial charge in [-0.05, 0) is 48.5 Å². The minimum absolute atomic E-state index is 0.164. The highest BCUT2D eigenvalue weighted by molar-refractivity contribution is 8.04. The zero-order valence-corrected chi connectivity index (χ0v) is 21.0. The summed E-state index contributed by atoms with van der Waals surface area (Å²) in [6, 6.07) is 21.9. The van der Waals surface area contributed by atoms with Crippen molar-refractivity contribution in [3.05, 3.63) is 100 Å². The second kappa shape index (κ2) is 11.7. The number of hydrogen-bond acceptors (Lipinski definition) is 4. The molecule has 0 bridgehead atoms. The third-order valence-electron chi connectivity index (χ3n) is 5.78. The van der Waals surface area contributed by atoms with E-state index >= 15 is 0 Å². The lowest BCUT2D eigenvalue weighted by atomic mass is 10.1. The highest BCUT2D eigenvalue weighted by atomic mass is 32.2. The first-order valence-corrected chi connectivity index (χ1v) is 12.5. The smallest absolute Gasteiger partial charge is 0.353 e. The summed E-state index contributed by atoms with van der Waals surface area (Å²) in [6.45, 7) is 1.65. The maximum Gasteiger partial charge on any atom is 0.416 e. The minimum atomic E-state index is -4.43. The average molecular weight is 526 g/mol. The third-order valence-corrected chi connectivity index (χ3v) is 6.86. The van der Waals surface area contributed by atoms with Gasteiger partial charge in [-0.1, -0.05) is 66.4 Å². The van der Waals surface area contributed by atoms with Crippen LogP contribution in [0.4, 0.5) is 18.9 Å². The summed E-state index contributed by atoms with van der Waals surface area (Å²) in [5.74, 6) is -0.669. The van der Waals surface area contributed by atoms with Crippen LogP contribution in [0.25, 0.3) is 6.08 Å². The normalized spacial score (nSPS) is 14.7. The van der Waals surface area contributed by atoms with E-state index in [1.54, 1.807) is 18.2 Å². The fraction of sp³-hybridized carbons (Fsp3) is 0.214. The van der Waals surface area contributed by atoms with E-state index in [0.29, 0.717) is 29.2 Å². The van der Waals surface area contributed by atoms with Gasteiger partial charge in [0.25, 0.3) is 5.91 Å². The first-order chi connectivity index (χ1) is 17.7. The molecule has 5 nitrogen and oxygen atoms in total. The van der Waals surface area contributed by atoms with Crippen molar-refractivity contribution < 1.29 is 22.8 Å². The number of carbonyl (C=O) groups excluding carboxylic acids is 2. The monoisotopic (exact) mass is 525 g/mol. The molecule has 37 heavy (non-hydrogen) atoms. The minimum Gasteiger partial charge on any atom is -0.353 e. The quantitative estimate of drug-likeness (QED) is 0.399. The fourth-order valence-corrected chi connectivity index (χ4v) is 4.96. The molecule has 2 amide bonds. The van der Waals surface area contributed by atoms with E-state index in [1.807, 2.05) is 49.5 Å². The second-order valence-electron chi connectivity index (χ2n) is 8.66. The standard InChI is InChI=1S/C28H26F3N3O2S/c1-33(18-21-7-3-2-4-8-21)16-15-32-26(35)19-34-23-9-5-6-10-24(23)37-25(27(34)36)17-20-11-13-22(14-12-20)28(29,30)31/h2-14,17H,15-16,18-19H2,1H3,(H,32,35)/b25-17-. The number of thioether (sulfide) groups is 1. The average Bonchev–Trinajstić information content (AvgIpc) is 2.87. The Bertz CT molecular complexity index is 1280. The molecule has 3 aromatic rings. The molecule has 0 radical (unpaired) electrons. The van der Waals surface area contributed by atoms with E-state index in [9.17, 15) is 22.8 Å². The number of benzene rings is 3. The van der Waals surface area contributed by atoms with E-state index in [2.05, 4.69) is 10.2 Å². The van der Waals surface area contributed by atoms with Crippen molar-refractivity contribution in [2.75, 3.05) is 31.6 Å². The number of nitrogens with one attached hydrogen (secondary N) is 1. The molecule has 4 rings (SSSR count). The van der Waals surface area contributed by atoms with E-state index in [4.69, 9.17) is 0 Å². The van der Waals surface area contributed by atoms with Gasteiger partial charge in [-0.3, -0.25) is 14.5 Å². The van der Waals surface area contributed by atoms with Crippen LogP contribution >= 0.6 is 11.8 Å². The van der Waals surface area contributed by atoms with Crippen molar-refractivity contribution in [3.8, 4) is 0 Å². The van der Waals surface area contributed by atoms with Gasteiger partial charge in [0.1, 0.15) is 6.54 Å². The van der Waals surface area contributed by atoms with Crippen molar-refractivity contribution in [3.63, 3.8) is 0 Å². The Balaban J connectivity index is 1.41. The molecule has 0 unspecified atom stereocenters. The molecule has 3 aromatic carbocycles. The molecule has 1 aliphatic rings. The molecule has 0 aromatic heterocycles. The van der Waals surface area contributed by atoms with Crippen LogP contribution in [0, 0.1) is 0 Å². The number of hydrogen-bond donors (Lipinski definition) is 1. The summed E-state index contributed by atoms with van der Waals surface area (Å²) in [4.78, 5) is 30.7. The first kappa shape index (κ1) is 26.5. The third kappa shape index (κ3) is 7.02. The van der Waals surface area contributed by atoms with E-state index in [-0.39, 0.29) is 18.4 Å². The van der Waals surface area contributed by atoms with Crippen molar-refractivity contribution in [1.29, 1.82) is 0 Å². The molecule has 1 N–H and O–H groups in total. The van der Waals surface area contributed by atoms with Crippen molar-refractivity contribution >= 4 is 35.3 Å². The van der Waals surface area contributed by atoms with Crippen LogP contribution in [-0.2, 0) is 22.3 Å².